The van der Waals surface area contributed by atoms with Crippen LogP contribution in [0.25, 0.3) is 0 Å². The van der Waals surface area contributed by atoms with Gasteiger partial charge in [-0.3, -0.25) is 4.79 Å². The molecule has 0 spiro atoms. The molecule has 0 saturated carbocycles. The van der Waals surface area contributed by atoms with E-state index in [9.17, 15) is 4.79 Å². The van der Waals surface area contributed by atoms with Gasteiger partial charge in [0.25, 0.3) is 0 Å². The van der Waals surface area contributed by atoms with E-state index in [1.54, 1.807) is 7.11 Å². The standard InChI is InChI=1S/C12H14O5/c1-15-10-5-3-2-4-9(10)12-16-7-8(17-12)6-11(13)14/h2-5,8,12H,6-7H2,1H3,(H,13,14). The predicted molar refractivity (Wildman–Crippen MR) is 58.8 cm³/mol. The van der Waals surface area contributed by atoms with E-state index in [-0.39, 0.29) is 13.0 Å². The predicted octanol–water partition coefficient (Wildman–Crippen LogP) is 1.58. The fourth-order valence-corrected chi connectivity index (χ4v) is 1.77. The third-order valence-electron chi connectivity index (χ3n) is 2.54. The molecule has 1 N–H and O–H groups in total. The van der Waals surface area contributed by atoms with Gasteiger partial charge in [0.05, 0.1) is 26.2 Å². The maximum atomic E-state index is 10.6. The van der Waals surface area contributed by atoms with Crippen LogP contribution in [-0.2, 0) is 14.3 Å². The van der Waals surface area contributed by atoms with E-state index < -0.39 is 18.4 Å². The summed E-state index contributed by atoms with van der Waals surface area (Å²) in [6.07, 6.45) is -0.996. The highest BCUT2D eigenvalue weighted by atomic mass is 16.7. The molecule has 17 heavy (non-hydrogen) atoms. The Labute approximate surface area is 98.9 Å². The fraction of sp³-hybridized carbons (Fsp3) is 0.417. The van der Waals surface area contributed by atoms with E-state index in [0.29, 0.717) is 5.75 Å². The lowest BCUT2D eigenvalue weighted by Gasteiger charge is -2.14. The van der Waals surface area contributed by atoms with Gasteiger partial charge < -0.3 is 19.3 Å². The van der Waals surface area contributed by atoms with Crippen LogP contribution in [0.1, 0.15) is 18.3 Å². The Morgan fingerprint density at radius 1 is 1.53 bits per heavy atom. The number of para-hydroxylation sites is 1. The zero-order valence-corrected chi connectivity index (χ0v) is 9.46. The minimum atomic E-state index is -0.890. The molecule has 0 amide bonds. The van der Waals surface area contributed by atoms with Crippen molar-refractivity contribution in [2.45, 2.75) is 18.8 Å². The van der Waals surface area contributed by atoms with Crippen molar-refractivity contribution >= 4 is 5.97 Å². The van der Waals surface area contributed by atoms with Crippen molar-refractivity contribution < 1.29 is 24.1 Å². The van der Waals surface area contributed by atoms with Gasteiger partial charge in [0.15, 0.2) is 6.29 Å². The Hall–Kier alpha value is -1.59. The van der Waals surface area contributed by atoms with Gasteiger partial charge in [-0.05, 0) is 6.07 Å². The third kappa shape index (κ3) is 2.75. The number of carbonyl (C=O) groups is 1. The van der Waals surface area contributed by atoms with Crippen molar-refractivity contribution in [2.75, 3.05) is 13.7 Å². The first-order chi connectivity index (χ1) is 8.20. The van der Waals surface area contributed by atoms with Gasteiger partial charge in [0, 0.05) is 5.56 Å². The zero-order chi connectivity index (χ0) is 12.3. The summed E-state index contributed by atoms with van der Waals surface area (Å²) in [6, 6.07) is 7.36. The average Bonchev–Trinajstić information content (AvgIpc) is 2.76. The first kappa shape index (κ1) is 11.9. The molecular weight excluding hydrogens is 224 g/mol. The maximum Gasteiger partial charge on any atom is 0.306 e. The molecule has 2 rings (SSSR count). The molecule has 1 aliphatic rings. The number of hydrogen-bond donors (Lipinski definition) is 1. The number of hydrogen-bond acceptors (Lipinski definition) is 4. The van der Waals surface area contributed by atoms with Gasteiger partial charge in [-0.25, -0.2) is 0 Å². The molecular formula is C12H14O5. The number of carboxylic acids is 1. The Kier molecular flexibility index (Phi) is 3.61. The summed E-state index contributed by atoms with van der Waals surface area (Å²) in [5.74, 6) is -0.215. The lowest BCUT2D eigenvalue weighted by Crippen LogP contribution is -2.15. The summed E-state index contributed by atoms with van der Waals surface area (Å²) < 4.78 is 16.1. The second-order valence-corrected chi connectivity index (χ2v) is 3.76. The summed E-state index contributed by atoms with van der Waals surface area (Å²) in [5.41, 5.74) is 0.780. The monoisotopic (exact) mass is 238 g/mol. The maximum absolute atomic E-state index is 10.6. The van der Waals surface area contributed by atoms with Crippen LogP contribution in [0.5, 0.6) is 5.75 Å². The Morgan fingerprint density at radius 3 is 3.00 bits per heavy atom. The van der Waals surface area contributed by atoms with Gasteiger partial charge >= 0.3 is 5.97 Å². The summed E-state index contributed by atoms with van der Waals surface area (Å²) in [7, 11) is 1.57. The van der Waals surface area contributed by atoms with Crippen LogP contribution in [0.4, 0.5) is 0 Å². The lowest BCUT2D eigenvalue weighted by atomic mass is 10.2. The normalized spacial score (nSPS) is 23.6. The van der Waals surface area contributed by atoms with Crippen molar-refractivity contribution in [1.29, 1.82) is 0 Å². The number of methoxy groups -OCH3 is 1. The molecule has 1 aromatic rings. The fourth-order valence-electron chi connectivity index (χ4n) is 1.77. The Bertz CT molecular complexity index is 404. The van der Waals surface area contributed by atoms with Crippen LogP contribution in [0, 0.1) is 0 Å². The van der Waals surface area contributed by atoms with Crippen LogP contribution < -0.4 is 4.74 Å². The van der Waals surface area contributed by atoms with Crippen molar-refractivity contribution in [3.8, 4) is 5.75 Å². The van der Waals surface area contributed by atoms with Crippen LogP contribution >= 0.6 is 0 Å². The van der Waals surface area contributed by atoms with Gasteiger partial charge in [0.2, 0.25) is 0 Å². The molecule has 1 saturated heterocycles. The number of aliphatic carboxylic acids is 1. The van der Waals surface area contributed by atoms with Gasteiger partial charge in [0.1, 0.15) is 5.75 Å². The van der Waals surface area contributed by atoms with E-state index >= 15 is 0 Å². The molecule has 2 atom stereocenters. The molecule has 0 aliphatic carbocycles. The van der Waals surface area contributed by atoms with E-state index in [2.05, 4.69) is 0 Å². The van der Waals surface area contributed by atoms with Crippen LogP contribution in [-0.4, -0.2) is 30.9 Å². The Morgan fingerprint density at radius 2 is 2.29 bits per heavy atom. The molecule has 1 fully saturated rings. The SMILES string of the molecule is COc1ccccc1C1OCC(CC(=O)O)O1. The largest absolute Gasteiger partial charge is 0.496 e. The third-order valence-corrected chi connectivity index (χ3v) is 2.54. The highest BCUT2D eigenvalue weighted by Gasteiger charge is 2.30. The van der Waals surface area contributed by atoms with Crippen LogP contribution in [0.2, 0.25) is 0 Å². The summed E-state index contributed by atoms with van der Waals surface area (Å²) in [5, 5.41) is 8.67. The van der Waals surface area contributed by atoms with Gasteiger partial charge in [-0.1, -0.05) is 18.2 Å². The highest BCUT2D eigenvalue weighted by molar-refractivity contribution is 5.67. The quantitative estimate of drug-likeness (QED) is 0.862. The summed E-state index contributed by atoms with van der Waals surface area (Å²) in [6.45, 7) is 0.287. The van der Waals surface area contributed by atoms with E-state index in [4.69, 9.17) is 19.3 Å². The molecule has 1 aromatic carbocycles. The van der Waals surface area contributed by atoms with Crippen LogP contribution in [0.15, 0.2) is 24.3 Å². The molecule has 2 unspecified atom stereocenters. The minimum absolute atomic E-state index is 0.0500. The van der Waals surface area contributed by atoms with Gasteiger partial charge in [-0.15, -0.1) is 0 Å². The van der Waals surface area contributed by atoms with E-state index in [1.807, 2.05) is 24.3 Å². The van der Waals surface area contributed by atoms with Crippen LogP contribution in [0.3, 0.4) is 0 Å². The number of carboxylic acid groups (broad SMARTS) is 1. The van der Waals surface area contributed by atoms with Crippen molar-refractivity contribution in [2.24, 2.45) is 0 Å². The zero-order valence-electron chi connectivity index (χ0n) is 9.46. The van der Waals surface area contributed by atoms with E-state index in [1.165, 1.54) is 0 Å². The summed E-state index contributed by atoms with van der Waals surface area (Å²) >= 11 is 0. The molecule has 0 bridgehead atoms. The second kappa shape index (κ2) is 5.16. The molecule has 92 valence electrons. The molecule has 0 aromatic heterocycles. The van der Waals surface area contributed by atoms with Crippen molar-refractivity contribution in [3.63, 3.8) is 0 Å². The Balaban J connectivity index is 2.07. The lowest BCUT2D eigenvalue weighted by molar-refractivity contribution is -0.140. The molecule has 1 aliphatic heterocycles. The average molecular weight is 238 g/mol. The molecule has 5 heteroatoms. The van der Waals surface area contributed by atoms with Crippen molar-refractivity contribution in [3.05, 3.63) is 29.8 Å². The number of benzene rings is 1. The first-order valence-electron chi connectivity index (χ1n) is 5.32. The first-order valence-corrected chi connectivity index (χ1v) is 5.32. The topological polar surface area (TPSA) is 65.0 Å². The highest BCUT2D eigenvalue weighted by Crippen LogP contribution is 2.33. The molecule has 5 nitrogen and oxygen atoms in total. The second-order valence-electron chi connectivity index (χ2n) is 3.76. The van der Waals surface area contributed by atoms with Crippen molar-refractivity contribution in [1.82, 2.24) is 0 Å². The molecule has 0 radical (unpaired) electrons. The summed E-state index contributed by atoms with van der Waals surface area (Å²) in [4.78, 5) is 10.6. The minimum Gasteiger partial charge on any atom is -0.496 e. The number of ether oxygens (including phenoxy) is 3. The molecule has 1 heterocycles. The van der Waals surface area contributed by atoms with Gasteiger partial charge in [-0.2, -0.15) is 0 Å². The number of rotatable bonds is 4. The van der Waals surface area contributed by atoms with E-state index in [0.717, 1.165) is 5.56 Å². The smallest absolute Gasteiger partial charge is 0.306 e.